The van der Waals surface area contributed by atoms with Crippen molar-refractivity contribution in [2.75, 3.05) is 13.2 Å². The van der Waals surface area contributed by atoms with Crippen LogP contribution in [0.1, 0.15) is 25.0 Å². The van der Waals surface area contributed by atoms with E-state index in [0.717, 1.165) is 11.1 Å². The third-order valence-corrected chi connectivity index (χ3v) is 5.86. The molecule has 2 rings (SSSR count). The van der Waals surface area contributed by atoms with Gasteiger partial charge in [0.25, 0.3) is 0 Å². The Balaban J connectivity index is 2.20. The van der Waals surface area contributed by atoms with Gasteiger partial charge in [-0.25, -0.2) is 0 Å². The fourth-order valence-corrected chi connectivity index (χ4v) is 4.15. The summed E-state index contributed by atoms with van der Waals surface area (Å²) in [5, 5.41) is 3.32. The van der Waals surface area contributed by atoms with Crippen LogP contribution in [-0.2, 0) is 20.2 Å². The summed E-state index contributed by atoms with van der Waals surface area (Å²) >= 11 is 0. The molecule has 0 saturated heterocycles. The van der Waals surface area contributed by atoms with E-state index in [0.29, 0.717) is 19.8 Å². The minimum atomic E-state index is -3.30. The zero-order valence-electron chi connectivity index (χ0n) is 14.8. The molecule has 0 aromatic heterocycles. The maximum atomic E-state index is 13.2. The average Bonchev–Trinajstić information content (AvgIpc) is 2.63. The van der Waals surface area contributed by atoms with Gasteiger partial charge in [-0.3, -0.25) is 9.88 Å². The van der Waals surface area contributed by atoms with E-state index in [-0.39, 0.29) is 0 Å². The molecule has 1 unspecified atom stereocenters. The van der Waals surface area contributed by atoms with E-state index in [4.69, 9.17) is 9.05 Å². The molecule has 5 heteroatoms. The first-order chi connectivity index (χ1) is 12.2. The van der Waals surface area contributed by atoms with Crippen LogP contribution in [0.15, 0.2) is 66.7 Å². The number of hydrogen-bond acceptors (Lipinski definition) is 4. The molecule has 0 fully saturated rings. The van der Waals surface area contributed by atoms with Gasteiger partial charge in [0, 0.05) is 6.54 Å². The molecule has 0 amide bonds. The van der Waals surface area contributed by atoms with E-state index in [2.05, 4.69) is 5.32 Å². The number of hydrogen-bond donors (Lipinski definition) is 1. The second kappa shape index (κ2) is 10.3. The predicted octanol–water partition coefficient (Wildman–Crippen LogP) is 5.08. The second-order valence-electron chi connectivity index (χ2n) is 5.46. The van der Waals surface area contributed by atoms with E-state index in [1.165, 1.54) is 0 Å². The Hall–Kier alpha value is -1.71. The van der Waals surface area contributed by atoms with Gasteiger partial charge in [0.2, 0.25) is 0 Å². The van der Waals surface area contributed by atoms with Crippen molar-refractivity contribution in [3.63, 3.8) is 0 Å². The summed E-state index contributed by atoms with van der Waals surface area (Å²) in [6.07, 6.45) is 3.80. The molecule has 2 aromatic rings. The fourth-order valence-electron chi connectivity index (χ4n) is 2.43. The van der Waals surface area contributed by atoms with Crippen LogP contribution >= 0.6 is 7.60 Å². The fraction of sp³-hybridized carbons (Fsp3) is 0.300. The minimum Gasteiger partial charge on any atom is -0.308 e. The molecule has 1 atom stereocenters. The van der Waals surface area contributed by atoms with E-state index < -0.39 is 13.4 Å². The van der Waals surface area contributed by atoms with Crippen molar-refractivity contribution in [1.29, 1.82) is 0 Å². The highest BCUT2D eigenvalue weighted by atomic mass is 31.2. The molecule has 0 aliphatic heterocycles. The third-order valence-electron chi connectivity index (χ3n) is 3.59. The Bertz CT molecular complexity index is 679. The van der Waals surface area contributed by atoms with E-state index in [1.54, 1.807) is 0 Å². The van der Waals surface area contributed by atoms with Crippen molar-refractivity contribution in [3.05, 3.63) is 77.9 Å². The summed E-state index contributed by atoms with van der Waals surface area (Å²) in [5.74, 6) is -0.521. The van der Waals surface area contributed by atoms with E-state index in [1.807, 2.05) is 86.7 Å². The lowest BCUT2D eigenvalue weighted by Crippen LogP contribution is -2.28. The lowest BCUT2D eigenvalue weighted by Gasteiger charge is -2.25. The molecule has 0 spiro atoms. The third kappa shape index (κ3) is 6.26. The SMILES string of the molecule is CCOP(=O)(OCC)C(/C=C/c1ccccc1)NCc1ccccc1. The minimum absolute atomic E-state index is 0.333. The summed E-state index contributed by atoms with van der Waals surface area (Å²) < 4.78 is 24.3. The Morgan fingerprint density at radius 3 is 2.08 bits per heavy atom. The lowest BCUT2D eigenvalue weighted by molar-refractivity contribution is 0.212. The molecule has 0 saturated carbocycles. The first kappa shape index (κ1) is 19.6. The lowest BCUT2D eigenvalue weighted by atomic mass is 10.2. The van der Waals surface area contributed by atoms with Gasteiger partial charge in [0.1, 0.15) is 5.78 Å². The molecular weight excluding hydrogens is 333 g/mol. The van der Waals surface area contributed by atoms with Crippen LogP contribution in [0.3, 0.4) is 0 Å². The van der Waals surface area contributed by atoms with Gasteiger partial charge in [-0.1, -0.05) is 72.8 Å². The molecule has 0 heterocycles. The van der Waals surface area contributed by atoms with Crippen molar-refractivity contribution in [1.82, 2.24) is 5.32 Å². The largest absolute Gasteiger partial charge is 0.351 e. The smallest absolute Gasteiger partial charge is 0.308 e. The zero-order valence-corrected chi connectivity index (χ0v) is 15.7. The molecule has 25 heavy (non-hydrogen) atoms. The Morgan fingerprint density at radius 2 is 1.52 bits per heavy atom. The standard InChI is InChI=1S/C20H26NO3P/c1-3-23-25(22,24-4-2)20(16-15-18-11-7-5-8-12-18)21-17-19-13-9-6-10-14-19/h5-16,20-21H,3-4,17H2,1-2H3/b16-15+. The number of benzene rings is 2. The summed E-state index contributed by atoms with van der Waals surface area (Å²) in [6.45, 7) is 4.89. The van der Waals surface area contributed by atoms with Gasteiger partial charge < -0.3 is 9.05 Å². The summed E-state index contributed by atoms with van der Waals surface area (Å²) in [5.41, 5.74) is 2.15. The van der Waals surface area contributed by atoms with Gasteiger partial charge >= 0.3 is 7.60 Å². The quantitative estimate of drug-likeness (QED) is 0.601. The van der Waals surface area contributed by atoms with Gasteiger partial charge in [0.15, 0.2) is 0 Å². The molecule has 0 aliphatic rings. The Morgan fingerprint density at radius 1 is 0.960 bits per heavy atom. The molecule has 0 bridgehead atoms. The number of rotatable bonds is 10. The van der Waals surface area contributed by atoms with Crippen LogP contribution in [0.2, 0.25) is 0 Å². The van der Waals surface area contributed by atoms with Gasteiger partial charge in [-0.2, -0.15) is 0 Å². The highest BCUT2D eigenvalue weighted by Crippen LogP contribution is 2.52. The Kier molecular flexibility index (Phi) is 8.10. The van der Waals surface area contributed by atoms with Crippen LogP contribution < -0.4 is 5.32 Å². The first-order valence-electron chi connectivity index (χ1n) is 8.57. The van der Waals surface area contributed by atoms with Crippen LogP contribution in [0.5, 0.6) is 0 Å². The molecule has 1 N–H and O–H groups in total. The predicted molar refractivity (Wildman–Crippen MR) is 103 cm³/mol. The van der Waals surface area contributed by atoms with Crippen LogP contribution in [-0.4, -0.2) is 19.0 Å². The molecule has 2 aromatic carbocycles. The average molecular weight is 359 g/mol. The summed E-state index contributed by atoms with van der Waals surface area (Å²) in [4.78, 5) is 0. The topological polar surface area (TPSA) is 47.6 Å². The molecule has 134 valence electrons. The van der Waals surface area contributed by atoms with Crippen molar-refractivity contribution in [2.45, 2.75) is 26.2 Å². The monoisotopic (exact) mass is 359 g/mol. The van der Waals surface area contributed by atoms with E-state index in [9.17, 15) is 4.57 Å². The maximum absolute atomic E-state index is 13.2. The number of nitrogens with one attached hydrogen (secondary N) is 1. The van der Waals surface area contributed by atoms with Crippen LogP contribution in [0.25, 0.3) is 6.08 Å². The summed E-state index contributed by atoms with van der Waals surface area (Å²) in [6, 6.07) is 19.9. The highest BCUT2D eigenvalue weighted by molar-refractivity contribution is 7.54. The van der Waals surface area contributed by atoms with Crippen molar-refractivity contribution in [2.24, 2.45) is 0 Å². The van der Waals surface area contributed by atoms with Crippen molar-refractivity contribution >= 4 is 13.7 Å². The van der Waals surface area contributed by atoms with E-state index >= 15 is 0 Å². The van der Waals surface area contributed by atoms with Gasteiger partial charge in [0.05, 0.1) is 13.2 Å². The summed E-state index contributed by atoms with van der Waals surface area (Å²) in [7, 11) is -3.30. The zero-order chi connectivity index (χ0) is 18.0. The van der Waals surface area contributed by atoms with Crippen LogP contribution in [0.4, 0.5) is 0 Å². The maximum Gasteiger partial charge on any atom is 0.351 e. The molecule has 0 aliphatic carbocycles. The van der Waals surface area contributed by atoms with Crippen molar-refractivity contribution in [3.8, 4) is 0 Å². The van der Waals surface area contributed by atoms with Gasteiger partial charge in [-0.05, 0) is 25.0 Å². The first-order valence-corrected chi connectivity index (χ1v) is 10.2. The second-order valence-corrected chi connectivity index (χ2v) is 7.61. The molecule has 4 nitrogen and oxygen atoms in total. The highest BCUT2D eigenvalue weighted by Gasteiger charge is 2.33. The molecule has 0 radical (unpaired) electrons. The molecular formula is C20H26NO3P. The van der Waals surface area contributed by atoms with Crippen LogP contribution in [0, 0.1) is 0 Å². The normalized spacial score (nSPS) is 13.2. The van der Waals surface area contributed by atoms with Crippen molar-refractivity contribution < 1.29 is 13.6 Å². The Labute approximate surface area is 150 Å². The van der Waals surface area contributed by atoms with Gasteiger partial charge in [-0.15, -0.1) is 0 Å².